The molecule has 0 aromatic rings. The molecule has 2 rings (SSSR count). The Kier molecular flexibility index (Phi) is 1.21. The normalized spacial score (nSPS) is 45.1. The van der Waals surface area contributed by atoms with Crippen molar-refractivity contribution < 1.29 is 0 Å². The molecule has 0 aliphatic heterocycles. The minimum atomic E-state index is 0.346. The Balaban J connectivity index is 2.02. The molecule has 0 N–H and O–H groups in total. The van der Waals surface area contributed by atoms with Crippen LogP contribution in [0.3, 0.4) is 0 Å². The molecule has 2 aliphatic rings. The van der Waals surface area contributed by atoms with Gasteiger partial charge in [0.25, 0.3) is 0 Å². The molecule has 0 aromatic carbocycles. The lowest BCUT2D eigenvalue weighted by Crippen LogP contribution is -2.11. The first-order chi connectivity index (χ1) is 5.20. The molecule has 58 valence electrons. The molecule has 11 heavy (non-hydrogen) atoms. The smallest absolute Gasteiger partial charge is 0.0378 e. The summed E-state index contributed by atoms with van der Waals surface area (Å²) < 4.78 is 0. The SMILES string of the molecule is C#CC12CCC1C2CC(=C)C. The van der Waals surface area contributed by atoms with Crippen LogP contribution in [-0.2, 0) is 0 Å². The van der Waals surface area contributed by atoms with Crippen LogP contribution in [0.1, 0.15) is 26.2 Å². The Morgan fingerprint density at radius 2 is 2.55 bits per heavy atom. The van der Waals surface area contributed by atoms with Crippen molar-refractivity contribution in [2.75, 3.05) is 0 Å². The molecule has 0 heterocycles. The largest absolute Gasteiger partial charge is 0.119 e. The van der Waals surface area contributed by atoms with Gasteiger partial charge in [-0.15, -0.1) is 13.0 Å². The molecule has 0 nitrogen and oxygen atoms in total. The van der Waals surface area contributed by atoms with Crippen LogP contribution >= 0.6 is 0 Å². The summed E-state index contributed by atoms with van der Waals surface area (Å²) in [5.74, 6) is 4.63. The van der Waals surface area contributed by atoms with Gasteiger partial charge in [-0.25, -0.2) is 0 Å². The van der Waals surface area contributed by atoms with E-state index in [0.29, 0.717) is 5.41 Å². The maximum absolute atomic E-state index is 5.50. The molecule has 0 saturated heterocycles. The number of hydrogen-bond donors (Lipinski definition) is 0. The van der Waals surface area contributed by atoms with Gasteiger partial charge in [0.05, 0.1) is 0 Å². The first-order valence-electron chi connectivity index (χ1n) is 4.33. The minimum Gasteiger partial charge on any atom is -0.119 e. The zero-order valence-electron chi connectivity index (χ0n) is 7.06. The molecule has 2 fully saturated rings. The molecular formula is C11H14. The maximum atomic E-state index is 5.50. The molecule has 0 radical (unpaired) electrons. The highest BCUT2D eigenvalue weighted by molar-refractivity contribution is 5.31. The number of rotatable bonds is 2. The second-order valence-corrected chi connectivity index (χ2v) is 4.10. The van der Waals surface area contributed by atoms with Gasteiger partial charge in [-0.3, -0.25) is 0 Å². The van der Waals surface area contributed by atoms with Gasteiger partial charge >= 0.3 is 0 Å². The van der Waals surface area contributed by atoms with Crippen LogP contribution in [0.25, 0.3) is 0 Å². The lowest BCUT2D eigenvalue weighted by Gasteiger charge is -2.18. The Bertz CT molecular complexity index is 243. The molecular weight excluding hydrogens is 132 g/mol. The van der Waals surface area contributed by atoms with Crippen molar-refractivity contribution in [2.24, 2.45) is 17.3 Å². The molecule has 0 heteroatoms. The van der Waals surface area contributed by atoms with E-state index in [9.17, 15) is 0 Å². The van der Waals surface area contributed by atoms with E-state index in [1.54, 1.807) is 0 Å². The van der Waals surface area contributed by atoms with Gasteiger partial charge in [0.15, 0.2) is 0 Å². The fourth-order valence-electron chi connectivity index (χ4n) is 2.60. The van der Waals surface area contributed by atoms with Gasteiger partial charge in [0, 0.05) is 5.41 Å². The average Bonchev–Trinajstić information content (AvgIpc) is 2.26. The number of allylic oxidation sites excluding steroid dienone is 1. The summed E-state index contributed by atoms with van der Waals surface area (Å²) in [7, 11) is 0. The number of fused-ring (bicyclic) bond motifs is 1. The highest BCUT2D eigenvalue weighted by Gasteiger charge is 2.68. The van der Waals surface area contributed by atoms with Crippen molar-refractivity contribution >= 4 is 0 Å². The zero-order chi connectivity index (χ0) is 8.06. The van der Waals surface area contributed by atoms with Gasteiger partial charge in [-0.1, -0.05) is 11.5 Å². The van der Waals surface area contributed by atoms with Crippen LogP contribution in [0.5, 0.6) is 0 Å². The van der Waals surface area contributed by atoms with Crippen LogP contribution in [0.4, 0.5) is 0 Å². The summed E-state index contributed by atoms with van der Waals surface area (Å²) in [6, 6.07) is 0. The molecule has 0 bridgehead atoms. The summed E-state index contributed by atoms with van der Waals surface area (Å²) in [4.78, 5) is 0. The van der Waals surface area contributed by atoms with Crippen molar-refractivity contribution in [3.8, 4) is 12.3 Å². The summed E-state index contributed by atoms with van der Waals surface area (Å²) in [5, 5.41) is 0. The third-order valence-electron chi connectivity index (χ3n) is 3.41. The fraction of sp³-hybridized carbons (Fsp3) is 0.636. The van der Waals surface area contributed by atoms with Gasteiger partial charge < -0.3 is 0 Å². The molecule has 2 aliphatic carbocycles. The van der Waals surface area contributed by atoms with Crippen molar-refractivity contribution in [1.82, 2.24) is 0 Å². The second-order valence-electron chi connectivity index (χ2n) is 4.10. The Morgan fingerprint density at radius 3 is 2.82 bits per heavy atom. The van der Waals surface area contributed by atoms with Crippen molar-refractivity contribution in [3.63, 3.8) is 0 Å². The van der Waals surface area contributed by atoms with E-state index in [-0.39, 0.29) is 0 Å². The van der Waals surface area contributed by atoms with Gasteiger partial charge in [0.2, 0.25) is 0 Å². The van der Waals surface area contributed by atoms with Crippen LogP contribution < -0.4 is 0 Å². The van der Waals surface area contributed by atoms with Crippen molar-refractivity contribution in [2.45, 2.75) is 26.2 Å². The Labute approximate surface area is 68.7 Å². The minimum absolute atomic E-state index is 0.346. The predicted molar refractivity (Wildman–Crippen MR) is 46.9 cm³/mol. The zero-order valence-corrected chi connectivity index (χ0v) is 7.06. The van der Waals surface area contributed by atoms with Crippen LogP contribution in [-0.4, -0.2) is 0 Å². The third kappa shape index (κ3) is 0.717. The predicted octanol–water partition coefficient (Wildman–Crippen LogP) is 2.61. The fourth-order valence-corrected chi connectivity index (χ4v) is 2.60. The first kappa shape index (κ1) is 6.98. The monoisotopic (exact) mass is 146 g/mol. The van der Waals surface area contributed by atoms with Crippen molar-refractivity contribution in [3.05, 3.63) is 12.2 Å². The average molecular weight is 146 g/mol. The van der Waals surface area contributed by atoms with Crippen molar-refractivity contribution in [1.29, 1.82) is 0 Å². The van der Waals surface area contributed by atoms with E-state index in [1.165, 1.54) is 18.4 Å². The van der Waals surface area contributed by atoms with E-state index in [0.717, 1.165) is 18.3 Å². The Morgan fingerprint density at radius 1 is 1.82 bits per heavy atom. The van der Waals surface area contributed by atoms with Gasteiger partial charge in [-0.2, -0.15) is 0 Å². The highest BCUT2D eigenvalue weighted by atomic mass is 14.7. The molecule has 0 aromatic heterocycles. The number of terminal acetylenes is 1. The van der Waals surface area contributed by atoms with Crippen LogP contribution in [0.15, 0.2) is 12.2 Å². The quantitative estimate of drug-likeness (QED) is 0.415. The lowest BCUT2D eigenvalue weighted by molar-refractivity contribution is 0.380. The van der Waals surface area contributed by atoms with E-state index >= 15 is 0 Å². The van der Waals surface area contributed by atoms with Crippen LogP contribution in [0.2, 0.25) is 0 Å². The van der Waals surface area contributed by atoms with Gasteiger partial charge in [-0.05, 0) is 38.0 Å². The van der Waals surface area contributed by atoms with E-state index in [1.807, 2.05) is 0 Å². The maximum Gasteiger partial charge on any atom is 0.0378 e. The molecule has 2 saturated carbocycles. The summed E-state index contributed by atoms with van der Waals surface area (Å²) >= 11 is 0. The van der Waals surface area contributed by atoms with E-state index < -0.39 is 0 Å². The molecule has 3 unspecified atom stereocenters. The summed E-state index contributed by atoms with van der Waals surface area (Å²) in [5.41, 5.74) is 1.64. The van der Waals surface area contributed by atoms with E-state index in [4.69, 9.17) is 6.42 Å². The standard InChI is InChI=1S/C11H14/c1-4-11-6-5-9(11)10(11)7-8(2)3/h1,9-10H,2,5-7H2,3H3. The number of hydrogen-bond acceptors (Lipinski definition) is 0. The summed E-state index contributed by atoms with van der Waals surface area (Å²) in [6.45, 7) is 6.03. The lowest BCUT2D eigenvalue weighted by atomic mass is 9.85. The third-order valence-corrected chi connectivity index (χ3v) is 3.41. The summed E-state index contributed by atoms with van der Waals surface area (Å²) in [6.07, 6.45) is 9.29. The van der Waals surface area contributed by atoms with E-state index in [2.05, 4.69) is 19.4 Å². The molecule has 0 spiro atoms. The van der Waals surface area contributed by atoms with Crippen LogP contribution in [0, 0.1) is 29.6 Å². The molecule has 0 amide bonds. The second kappa shape index (κ2) is 1.91. The molecule has 3 atom stereocenters. The topological polar surface area (TPSA) is 0 Å². The Hall–Kier alpha value is -0.700. The first-order valence-corrected chi connectivity index (χ1v) is 4.33. The van der Waals surface area contributed by atoms with Gasteiger partial charge in [0.1, 0.15) is 0 Å². The highest BCUT2D eigenvalue weighted by Crippen LogP contribution is 2.73.